The van der Waals surface area contributed by atoms with Crippen LogP contribution in [0.1, 0.15) is 216 Å². The molecule has 0 bridgehead atoms. The number of esters is 2. The topological polar surface area (TPSA) is 52.6 Å². The van der Waals surface area contributed by atoms with Gasteiger partial charge in [-0.25, -0.2) is 9.59 Å². The summed E-state index contributed by atoms with van der Waals surface area (Å²) in [5.74, 6) is 2.40. The Morgan fingerprint density at radius 1 is 0.613 bits per heavy atom. The van der Waals surface area contributed by atoms with E-state index in [1.807, 2.05) is 24.3 Å². The van der Waals surface area contributed by atoms with Crippen LogP contribution >= 0.6 is 0 Å². The highest BCUT2D eigenvalue weighted by Crippen LogP contribution is 2.77. The predicted molar refractivity (Wildman–Crippen MR) is 256 cm³/mol. The Bertz CT molecular complexity index is 1840. The van der Waals surface area contributed by atoms with E-state index < -0.39 is 0 Å². The van der Waals surface area contributed by atoms with Crippen molar-refractivity contribution in [2.45, 2.75) is 203 Å². The van der Waals surface area contributed by atoms with Gasteiger partial charge in [0.15, 0.2) is 0 Å². The number of unbranched alkanes of at least 4 members (excludes halogenated alkanes) is 8. The van der Waals surface area contributed by atoms with Crippen LogP contribution in [0.3, 0.4) is 0 Å². The second-order valence-corrected chi connectivity index (χ2v) is 23.1. The molecule has 0 aliphatic heterocycles. The molecule has 0 saturated heterocycles. The normalized spacial score (nSPS) is 34.6. The van der Waals surface area contributed by atoms with Gasteiger partial charge in [0.25, 0.3) is 0 Å². The third-order valence-electron chi connectivity index (χ3n) is 19.4. The van der Waals surface area contributed by atoms with Crippen LogP contribution in [0.5, 0.6) is 0 Å². The van der Waals surface area contributed by atoms with Crippen molar-refractivity contribution in [3.8, 4) is 0 Å². The van der Waals surface area contributed by atoms with E-state index >= 15 is 0 Å². The lowest BCUT2D eigenvalue weighted by Crippen LogP contribution is -2.67. The number of carbonyl (C=O) groups is 2. The van der Waals surface area contributed by atoms with Gasteiger partial charge >= 0.3 is 11.9 Å². The Morgan fingerprint density at radius 2 is 1.19 bits per heavy atom. The summed E-state index contributed by atoms with van der Waals surface area (Å²) < 4.78 is 12.9. The molecule has 0 N–H and O–H groups in total. The molecule has 0 heterocycles. The summed E-state index contributed by atoms with van der Waals surface area (Å²) in [5, 5.41) is 0. The summed E-state index contributed by atoms with van der Waals surface area (Å²) >= 11 is 0. The Hall–Kier alpha value is -2.88. The molecule has 342 valence electrons. The predicted octanol–water partition coefficient (Wildman–Crippen LogP) is 15.8. The van der Waals surface area contributed by atoms with Crippen molar-refractivity contribution in [2.75, 3.05) is 6.61 Å². The SMILES string of the molecule is C=C(C)C1CC[C@]2(COC(=O)c3ccc(CCCCCCC)cc3)CC[C@]3(C)[C@H](CC[C@@H]4[C@@]5(C)CC[C@H](OC(=O)c6ccc(CCCCCCC)cc6)C(C)(C)[C@@H]5CC[C@]43C)[C@@H]12. The van der Waals surface area contributed by atoms with Crippen molar-refractivity contribution in [3.63, 3.8) is 0 Å². The number of hydrogen-bond donors (Lipinski definition) is 0. The molecule has 4 nitrogen and oxygen atoms in total. The molecule has 2 aromatic rings. The van der Waals surface area contributed by atoms with Crippen molar-refractivity contribution >= 4 is 11.9 Å². The first-order valence-electron chi connectivity index (χ1n) is 25.8. The summed E-state index contributed by atoms with van der Waals surface area (Å²) in [6, 6.07) is 16.5. The second kappa shape index (κ2) is 19.3. The molecular formula is C58H86O4. The minimum absolute atomic E-state index is 0.0185. The molecule has 0 amide bonds. The van der Waals surface area contributed by atoms with Gasteiger partial charge < -0.3 is 9.47 Å². The molecule has 5 aliphatic rings. The van der Waals surface area contributed by atoms with E-state index in [0.29, 0.717) is 47.3 Å². The first kappa shape index (κ1) is 47.1. The summed E-state index contributed by atoms with van der Waals surface area (Å²) in [6.07, 6.45) is 26.5. The Kier molecular flexibility index (Phi) is 14.7. The fraction of sp³-hybridized carbons (Fsp3) is 0.724. The lowest BCUT2D eigenvalue weighted by Gasteiger charge is -2.73. The highest BCUT2D eigenvalue weighted by molar-refractivity contribution is 5.90. The van der Waals surface area contributed by atoms with Crippen molar-refractivity contribution < 1.29 is 19.1 Å². The minimum atomic E-state index is -0.160. The molecule has 2 aromatic carbocycles. The second-order valence-electron chi connectivity index (χ2n) is 23.1. The first-order valence-corrected chi connectivity index (χ1v) is 25.8. The van der Waals surface area contributed by atoms with Crippen molar-refractivity contribution in [1.29, 1.82) is 0 Å². The van der Waals surface area contributed by atoms with E-state index in [1.165, 1.54) is 113 Å². The van der Waals surface area contributed by atoms with Gasteiger partial charge in [0, 0.05) is 10.8 Å². The molecule has 1 unspecified atom stereocenters. The maximum Gasteiger partial charge on any atom is 0.338 e. The maximum absolute atomic E-state index is 13.7. The average Bonchev–Trinajstić information content (AvgIpc) is 3.64. The number of fused-ring (bicyclic) bond motifs is 7. The van der Waals surface area contributed by atoms with E-state index in [1.54, 1.807) is 0 Å². The zero-order valence-electron chi connectivity index (χ0n) is 40.7. The van der Waals surface area contributed by atoms with Crippen LogP contribution in [-0.2, 0) is 22.3 Å². The van der Waals surface area contributed by atoms with Crippen LogP contribution in [0.2, 0.25) is 0 Å². The van der Waals surface area contributed by atoms with Gasteiger partial charge in [0.2, 0.25) is 0 Å². The van der Waals surface area contributed by atoms with Gasteiger partial charge in [0.1, 0.15) is 6.10 Å². The highest BCUT2D eigenvalue weighted by Gasteiger charge is 2.71. The highest BCUT2D eigenvalue weighted by atomic mass is 16.5. The van der Waals surface area contributed by atoms with E-state index in [2.05, 4.69) is 86.2 Å². The van der Waals surface area contributed by atoms with E-state index in [0.717, 1.165) is 44.9 Å². The van der Waals surface area contributed by atoms with Crippen molar-refractivity contribution in [2.24, 2.45) is 56.7 Å². The maximum atomic E-state index is 13.7. The van der Waals surface area contributed by atoms with Gasteiger partial charge in [-0.3, -0.25) is 0 Å². The van der Waals surface area contributed by atoms with Gasteiger partial charge in [0.05, 0.1) is 17.7 Å². The molecule has 5 saturated carbocycles. The van der Waals surface area contributed by atoms with Crippen LogP contribution in [0.15, 0.2) is 60.7 Å². The molecule has 4 heteroatoms. The van der Waals surface area contributed by atoms with E-state index in [4.69, 9.17) is 9.47 Å². The lowest BCUT2D eigenvalue weighted by molar-refractivity contribution is -0.249. The number of carbonyl (C=O) groups excluding carboxylic acids is 2. The zero-order chi connectivity index (χ0) is 44.3. The molecule has 0 aromatic heterocycles. The van der Waals surface area contributed by atoms with Crippen LogP contribution < -0.4 is 0 Å². The minimum Gasteiger partial charge on any atom is -0.461 e. The largest absolute Gasteiger partial charge is 0.461 e. The quantitative estimate of drug-likeness (QED) is 0.0852. The third kappa shape index (κ3) is 8.91. The molecule has 5 fully saturated rings. The summed E-state index contributed by atoms with van der Waals surface area (Å²) in [6.45, 7) is 24.8. The number of benzene rings is 2. The standard InChI is InChI=1S/C58H86O4/c1-10-12-14-16-18-20-42-22-26-44(27-23-42)52(59)61-40-58-37-32-46(41(3)4)51(58)47-30-31-49-55(7)35-34-50(54(5,6)48(55)33-36-57(49,9)56(47,8)38-39-58)62-53(60)45-28-24-43(25-29-45)21-19-17-15-13-11-2/h22-29,46-51H,3,10-21,30-40H2,1-2,4-9H3/t46?,47-,48+,49-,50+,51-,55+,56-,57-,58-/m1/s1. The van der Waals surface area contributed by atoms with E-state index in [9.17, 15) is 9.59 Å². The van der Waals surface area contributed by atoms with Crippen LogP contribution in [0, 0.1) is 56.7 Å². The smallest absolute Gasteiger partial charge is 0.338 e. The Labute approximate surface area is 378 Å². The van der Waals surface area contributed by atoms with Crippen molar-refractivity contribution in [1.82, 2.24) is 0 Å². The van der Waals surface area contributed by atoms with Gasteiger partial charge in [-0.2, -0.15) is 0 Å². The number of rotatable bonds is 18. The average molecular weight is 847 g/mol. The Morgan fingerprint density at radius 3 is 1.77 bits per heavy atom. The fourth-order valence-corrected chi connectivity index (χ4v) is 15.7. The summed E-state index contributed by atoms with van der Waals surface area (Å²) in [5.41, 5.74) is 5.88. The molecule has 0 spiro atoms. The fourth-order valence-electron chi connectivity index (χ4n) is 15.7. The Balaban J connectivity index is 1.02. The number of hydrogen-bond acceptors (Lipinski definition) is 4. The monoisotopic (exact) mass is 847 g/mol. The number of aryl methyl sites for hydroxylation is 2. The number of ether oxygens (including phenoxy) is 2. The molecule has 62 heavy (non-hydrogen) atoms. The number of allylic oxidation sites excluding steroid dienone is 1. The molecule has 0 radical (unpaired) electrons. The van der Waals surface area contributed by atoms with Crippen LogP contribution in [0.4, 0.5) is 0 Å². The molecular weight excluding hydrogens is 761 g/mol. The van der Waals surface area contributed by atoms with Crippen molar-refractivity contribution in [3.05, 3.63) is 82.9 Å². The van der Waals surface area contributed by atoms with Crippen LogP contribution in [-0.4, -0.2) is 24.6 Å². The van der Waals surface area contributed by atoms with Gasteiger partial charge in [-0.1, -0.05) is 136 Å². The van der Waals surface area contributed by atoms with Gasteiger partial charge in [-0.15, -0.1) is 0 Å². The zero-order valence-corrected chi connectivity index (χ0v) is 40.7. The lowest BCUT2D eigenvalue weighted by atomic mass is 9.32. The van der Waals surface area contributed by atoms with Gasteiger partial charge in [-0.05, 0) is 178 Å². The third-order valence-corrected chi connectivity index (χ3v) is 19.4. The van der Waals surface area contributed by atoms with E-state index in [-0.39, 0.29) is 45.1 Å². The summed E-state index contributed by atoms with van der Waals surface area (Å²) in [4.78, 5) is 27.4. The van der Waals surface area contributed by atoms with Crippen LogP contribution in [0.25, 0.3) is 0 Å². The molecule has 7 rings (SSSR count). The molecule has 10 atom stereocenters. The summed E-state index contributed by atoms with van der Waals surface area (Å²) in [7, 11) is 0. The first-order chi connectivity index (χ1) is 29.6. The molecule has 5 aliphatic carbocycles.